The van der Waals surface area contributed by atoms with Gasteiger partial charge in [-0.1, -0.05) is 13.8 Å². The van der Waals surface area contributed by atoms with Gasteiger partial charge in [0.1, 0.15) is 0 Å². The molecule has 1 atom stereocenters. The van der Waals surface area contributed by atoms with Gasteiger partial charge in [0, 0.05) is 11.7 Å². The lowest BCUT2D eigenvalue weighted by molar-refractivity contribution is -0.121. The smallest absolute Gasteiger partial charge is 0.234 e. The number of hydrogen-bond acceptors (Lipinski definition) is 3. The zero-order valence-corrected chi connectivity index (χ0v) is 7.91. The molecule has 0 fully saturated rings. The molecule has 0 radical (unpaired) electrons. The first-order valence-electron chi connectivity index (χ1n) is 3.81. The van der Waals surface area contributed by atoms with E-state index < -0.39 is 0 Å². The minimum atomic E-state index is -0.0823. The van der Waals surface area contributed by atoms with Crippen LogP contribution in [0.1, 0.15) is 26.7 Å². The number of carbonyl (C=O) groups excluding carboxylic acids is 1. The van der Waals surface area contributed by atoms with Crippen LogP contribution in [0, 0.1) is 0 Å². The van der Waals surface area contributed by atoms with E-state index in [0.717, 1.165) is 12.2 Å². The van der Waals surface area contributed by atoms with Crippen molar-refractivity contribution in [3.05, 3.63) is 0 Å². The fourth-order valence-electron chi connectivity index (χ4n) is 0.698. The van der Waals surface area contributed by atoms with Gasteiger partial charge in [0.15, 0.2) is 0 Å². The summed E-state index contributed by atoms with van der Waals surface area (Å²) < 4.78 is 0. The highest BCUT2D eigenvalue weighted by Crippen LogP contribution is 2.14. The standard InChI is InChI=1S/C7H16N2OS/c1-3-4-11-6(2)5-7(10)9-8/h6H,3-5,8H2,1-2H3,(H,9,10). The highest BCUT2D eigenvalue weighted by molar-refractivity contribution is 7.99. The van der Waals surface area contributed by atoms with E-state index in [1.807, 2.05) is 6.92 Å². The summed E-state index contributed by atoms with van der Waals surface area (Å²) in [6.07, 6.45) is 1.67. The van der Waals surface area contributed by atoms with Gasteiger partial charge in [-0.25, -0.2) is 5.84 Å². The highest BCUT2D eigenvalue weighted by Gasteiger charge is 2.06. The molecule has 0 rings (SSSR count). The molecule has 0 aromatic rings. The fraction of sp³-hybridized carbons (Fsp3) is 0.857. The molecule has 11 heavy (non-hydrogen) atoms. The summed E-state index contributed by atoms with van der Waals surface area (Å²) in [5.74, 6) is 5.97. The van der Waals surface area contributed by atoms with E-state index in [4.69, 9.17) is 5.84 Å². The Morgan fingerprint density at radius 3 is 2.82 bits per heavy atom. The van der Waals surface area contributed by atoms with E-state index >= 15 is 0 Å². The van der Waals surface area contributed by atoms with Crippen LogP contribution >= 0.6 is 11.8 Å². The van der Waals surface area contributed by atoms with Gasteiger partial charge in [-0.15, -0.1) is 0 Å². The molecule has 1 amide bonds. The van der Waals surface area contributed by atoms with Crippen LogP contribution in [0.5, 0.6) is 0 Å². The van der Waals surface area contributed by atoms with Gasteiger partial charge in [-0.05, 0) is 12.2 Å². The molecule has 4 heteroatoms. The van der Waals surface area contributed by atoms with E-state index in [9.17, 15) is 4.79 Å². The second-order valence-corrected chi connectivity index (χ2v) is 4.00. The molecule has 0 aliphatic heterocycles. The molecular formula is C7H16N2OS. The maximum absolute atomic E-state index is 10.7. The van der Waals surface area contributed by atoms with Crippen LogP contribution in [-0.4, -0.2) is 16.9 Å². The molecule has 1 unspecified atom stereocenters. The normalized spacial score (nSPS) is 12.6. The number of rotatable bonds is 5. The van der Waals surface area contributed by atoms with Crippen molar-refractivity contribution in [3.63, 3.8) is 0 Å². The van der Waals surface area contributed by atoms with Crippen LogP contribution in [-0.2, 0) is 4.79 Å². The lowest BCUT2D eigenvalue weighted by Crippen LogP contribution is -2.31. The molecule has 3 N–H and O–H groups in total. The van der Waals surface area contributed by atoms with E-state index in [0.29, 0.717) is 11.7 Å². The van der Waals surface area contributed by atoms with Gasteiger partial charge in [-0.3, -0.25) is 10.2 Å². The molecule has 0 bridgehead atoms. The van der Waals surface area contributed by atoms with Crippen molar-refractivity contribution in [1.29, 1.82) is 0 Å². The number of amides is 1. The zero-order chi connectivity index (χ0) is 8.69. The van der Waals surface area contributed by atoms with E-state index in [2.05, 4.69) is 12.3 Å². The molecule has 0 aromatic heterocycles. The van der Waals surface area contributed by atoms with Crippen molar-refractivity contribution in [2.24, 2.45) is 5.84 Å². The van der Waals surface area contributed by atoms with Crippen molar-refractivity contribution in [2.75, 3.05) is 5.75 Å². The predicted molar refractivity (Wildman–Crippen MR) is 49.2 cm³/mol. The first-order chi connectivity index (χ1) is 5.20. The van der Waals surface area contributed by atoms with Crippen molar-refractivity contribution < 1.29 is 4.79 Å². The Morgan fingerprint density at radius 1 is 1.73 bits per heavy atom. The number of nitrogens with two attached hydrogens (primary N) is 1. The van der Waals surface area contributed by atoms with Crippen LogP contribution < -0.4 is 11.3 Å². The van der Waals surface area contributed by atoms with Crippen LogP contribution in [0.2, 0.25) is 0 Å². The summed E-state index contributed by atoms with van der Waals surface area (Å²) in [7, 11) is 0. The van der Waals surface area contributed by atoms with Gasteiger partial charge in [-0.2, -0.15) is 11.8 Å². The Balaban J connectivity index is 3.35. The lowest BCUT2D eigenvalue weighted by Gasteiger charge is -2.08. The summed E-state index contributed by atoms with van der Waals surface area (Å²) in [5, 5.41) is 0.374. The number of hydrogen-bond donors (Lipinski definition) is 2. The summed E-state index contributed by atoms with van der Waals surface area (Å²) in [6.45, 7) is 4.16. The first-order valence-corrected chi connectivity index (χ1v) is 4.86. The molecule has 0 spiro atoms. The van der Waals surface area contributed by atoms with E-state index in [-0.39, 0.29) is 5.91 Å². The molecule has 0 saturated carbocycles. The predicted octanol–water partition coefficient (Wildman–Crippen LogP) is 0.898. The van der Waals surface area contributed by atoms with Crippen LogP contribution in [0.4, 0.5) is 0 Å². The molecule has 0 aliphatic rings. The van der Waals surface area contributed by atoms with Crippen LogP contribution in [0.3, 0.4) is 0 Å². The average molecular weight is 176 g/mol. The monoisotopic (exact) mass is 176 g/mol. The first kappa shape index (κ1) is 10.8. The third-order valence-corrected chi connectivity index (χ3v) is 2.62. The van der Waals surface area contributed by atoms with Crippen molar-refractivity contribution in [1.82, 2.24) is 5.43 Å². The average Bonchev–Trinajstić information content (AvgIpc) is 2.00. The third kappa shape index (κ3) is 6.19. The van der Waals surface area contributed by atoms with Gasteiger partial charge in [0.2, 0.25) is 5.91 Å². The summed E-state index contributed by atoms with van der Waals surface area (Å²) in [4.78, 5) is 10.7. The minimum absolute atomic E-state index is 0.0823. The molecule has 0 saturated heterocycles. The number of carbonyl (C=O) groups is 1. The summed E-state index contributed by atoms with van der Waals surface area (Å²) in [5.41, 5.74) is 2.12. The SMILES string of the molecule is CCCSC(C)CC(=O)NN. The quantitative estimate of drug-likeness (QED) is 0.372. The number of thioether (sulfide) groups is 1. The van der Waals surface area contributed by atoms with Crippen LogP contribution in [0.25, 0.3) is 0 Å². The molecule has 0 heterocycles. The molecular weight excluding hydrogens is 160 g/mol. The Morgan fingerprint density at radius 2 is 2.36 bits per heavy atom. The molecule has 66 valence electrons. The topological polar surface area (TPSA) is 55.1 Å². The van der Waals surface area contributed by atoms with E-state index in [1.165, 1.54) is 0 Å². The number of hydrazine groups is 1. The Kier molecular flexibility index (Phi) is 6.36. The van der Waals surface area contributed by atoms with Gasteiger partial charge in [0.25, 0.3) is 0 Å². The van der Waals surface area contributed by atoms with E-state index in [1.54, 1.807) is 11.8 Å². The van der Waals surface area contributed by atoms with Crippen molar-refractivity contribution >= 4 is 17.7 Å². The Bertz CT molecular complexity index is 119. The molecule has 0 aromatic carbocycles. The summed E-state index contributed by atoms with van der Waals surface area (Å²) >= 11 is 1.80. The maximum atomic E-state index is 10.7. The van der Waals surface area contributed by atoms with Gasteiger partial charge in [0.05, 0.1) is 0 Å². The van der Waals surface area contributed by atoms with Crippen molar-refractivity contribution in [2.45, 2.75) is 31.9 Å². The third-order valence-electron chi connectivity index (χ3n) is 1.24. The van der Waals surface area contributed by atoms with Crippen molar-refractivity contribution in [3.8, 4) is 0 Å². The Labute approximate surface area is 72.1 Å². The largest absolute Gasteiger partial charge is 0.294 e. The fourth-order valence-corrected chi connectivity index (χ4v) is 1.61. The zero-order valence-electron chi connectivity index (χ0n) is 7.09. The lowest BCUT2D eigenvalue weighted by atomic mass is 10.3. The van der Waals surface area contributed by atoms with Crippen LogP contribution in [0.15, 0.2) is 0 Å². The Hall–Kier alpha value is -0.220. The second-order valence-electron chi connectivity index (χ2n) is 2.45. The highest BCUT2D eigenvalue weighted by atomic mass is 32.2. The van der Waals surface area contributed by atoms with Gasteiger partial charge >= 0.3 is 0 Å². The molecule has 0 aliphatic carbocycles. The second kappa shape index (κ2) is 6.49. The van der Waals surface area contributed by atoms with Gasteiger partial charge < -0.3 is 0 Å². The molecule has 3 nitrogen and oxygen atoms in total. The minimum Gasteiger partial charge on any atom is -0.294 e. The maximum Gasteiger partial charge on any atom is 0.234 e. The number of nitrogens with one attached hydrogen (secondary N) is 1. The summed E-state index contributed by atoms with van der Waals surface area (Å²) in [6, 6.07) is 0.